The summed E-state index contributed by atoms with van der Waals surface area (Å²) in [4.78, 5) is 12.3. The first kappa shape index (κ1) is 23.9. The van der Waals surface area contributed by atoms with Crippen LogP contribution < -0.4 is 0 Å². The third-order valence-electron chi connectivity index (χ3n) is 6.30. The van der Waals surface area contributed by atoms with Gasteiger partial charge in [-0.2, -0.15) is 0 Å². The molecule has 0 aromatic carbocycles. The maximum atomic E-state index is 12.3. The van der Waals surface area contributed by atoms with Gasteiger partial charge in [0.2, 0.25) is 7.09 Å². The van der Waals surface area contributed by atoms with E-state index in [2.05, 4.69) is 0 Å². The van der Waals surface area contributed by atoms with Crippen LogP contribution in [0.15, 0.2) is 0 Å². The molecule has 0 aromatic heterocycles. The zero-order valence-electron chi connectivity index (χ0n) is 20.4. The van der Waals surface area contributed by atoms with E-state index in [-0.39, 0.29) is 42.6 Å². The molecule has 0 bridgehead atoms. The van der Waals surface area contributed by atoms with Crippen LogP contribution in [0.2, 0.25) is 0 Å². The van der Waals surface area contributed by atoms with Crippen molar-refractivity contribution in [2.24, 2.45) is 0 Å². The van der Waals surface area contributed by atoms with Crippen LogP contribution in [0.4, 0.5) is 0 Å². The molecule has 4 atom stereocenters. The van der Waals surface area contributed by atoms with Gasteiger partial charge in [-0.1, -0.05) is 18.3 Å². The Kier molecular flexibility index (Phi) is 9.03. The average molecular weight is 457 g/mol. The number of hydrogen-bond acceptors (Lipinski definition) is 7. The maximum absolute atomic E-state index is 12.3. The van der Waals surface area contributed by atoms with Gasteiger partial charge in [-0.25, -0.2) is 0 Å². The standard InChI is InChI=1S/C23H40BO6S/c1-22(2,3)29-21(25)16-20(30-31-24)15-18-9-7-8-17(27-18)14-19-10-13-26-23(28-19)11-5-4-6-12-23/h17-20,24H,4-16H2,1-3H3/t17-,18+,19+,20-/m1/s1/i24T. The molecule has 1 radical (unpaired) electrons. The van der Waals surface area contributed by atoms with Crippen LogP contribution in [0.25, 0.3) is 0 Å². The largest absolute Gasteiger partial charge is 0.460 e. The Morgan fingerprint density at radius 3 is 2.68 bits per heavy atom. The number of carbonyl (C=O) groups excluding carboxylic acids is 1. The summed E-state index contributed by atoms with van der Waals surface area (Å²) in [6.07, 6.45) is 11.4. The lowest BCUT2D eigenvalue weighted by atomic mass is 9.91. The van der Waals surface area contributed by atoms with E-state index in [9.17, 15) is 4.79 Å². The SMILES string of the molecule is [3H][B]SO[C@@H](CC(=O)OC(C)(C)C)C[C@@H]1CCC[C@H](C[C@@H]2CCOC3(CCCCC3)O2)O1. The van der Waals surface area contributed by atoms with Crippen LogP contribution in [0, 0.1) is 0 Å². The summed E-state index contributed by atoms with van der Waals surface area (Å²) in [5, 5.41) is 0. The Balaban J connectivity index is 1.49. The molecule has 1 spiro atoms. The minimum Gasteiger partial charge on any atom is -0.460 e. The monoisotopic (exact) mass is 457 g/mol. The van der Waals surface area contributed by atoms with E-state index < -0.39 is 5.60 Å². The molecular formula is C23H40BO6S. The molecular weight excluding hydrogens is 415 g/mol. The molecule has 3 fully saturated rings. The fourth-order valence-electron chi connectivity index (χ4n) is 5.01. The minimum atomic E-state index is -0.526. The lowest BCUT2D eigenvalue weighted by molar-refractivity contribution is -0.309. The number of carbonyl (C=O) groups is 1. The van der Waals surface area contributed by atoms with E-state index in [0.29, 0.717) is 6.42 Å². The highest BCUT2D eigenvalue weighted by Gasteiger charge is 2.40. The maximum Gasteiger partial charge on any atom is 0.308 e. The average Bonchev–Trinajstić information content (AvgIpc) is 2.71. The van der Waals surface area contributed by atoms with Gasteiger partial charge in [0.25, 0.3) is 0 Å². The zero-order valence-corrected chi connectivity index (χ0v) is 20.3. The summed E-state index contributed by atoms with van der Waals surface area (Å²) in [6, 6.07) is 0. The second kappa shape index (κ2) is 11.7. The van der Waals surface area contributed by atoms with Gasteiger partial charge in [0.1, 0.15) is 5.60 Å². The molecule has 6 nitrogen and oxygen atoms in total. The van der Waals surface area contributed by atoms with Crippen molar-refractivity contribution >= 4 is 25.0 Å². The first-order chi connectivity index (χ1) is 15.3. The second-order valence-corrected chi connectivity index (χ2v) is 10.6. The third-order valence-corrected chi connectivity index (χ3v) is 6.68. The third kappa shape index (κ3) is 8.54. The van der Waals surface area contributed by atoms with Gasteiger partial charge in [0, 0.05) is 19.3 Å². The van der Waals surface area contributed by atoms with E-state index in [4.69, 9.17) is 24.5 Å². The Hall–Kier alpha value is -0.275. The van der Waals surface area contributed by atoms with Crippen molar-refractivity contribution in [3.05, 3.63) is 0 Å². The molecule has 31 heavy (non-hydrogen) atoms. The first-order valence-electron chi connectivity index (χ1n) is 12.6. The molecule has 2 heterocycles. The van der Waals surface area contributed by atoms with E-state index in [0.717, 1.165) is 70.5 Å². The van der Waals surface area contributed by atoms with Crippen molar-refractivity contribution in [1.29, 1.82) is 1.34 Å². The van der Waals surface area contributed by atoms with Crippen LogP contribution in [-0.4, -0.2) is 56.8 Å². The molecule has 177 valence electrons. The van der Waals surface area contributed by atoms with Crippen molar-refractivity contribution in [1.82, 2.24) is 0 Å². The Morgan fingerprint density at radius 1 is 1.16 bits per heavy atom. The summed E-state index contributed by atoms with van der Waals surface area (Å²) in [6.45, 7) is 6.35. The van der Waals surface area contributed by atoms with E-state index in [1.807, 2.05) is 20.8 Å². The van der Waals surface area contributed by atoms with Gasteiger partial charge in [0.05, 0.1) is 37.4 Å². The highest BCUT2D eigenvalue weighted by atomic mass is 32.2. The van der Waals surface area contributed by atoms with Crippen LogP contribution >= 0.6 is 11.9 Å². The van der Waals surface area contributed by atoms with Crippen molar-refractivity contribution in [3.63, 3.8) is 0 Å². The minimum absolute atomic E-state index is 0.0380. The molecule has 2 aliphatic heterocycles. The molecule has 0 aromatic rings. The molecule has 1 aliphatic carbocycles. The van der Waals surface area contributed by atoms with Crippen LogP contribution in [0.3, 0.4) is 0 Å². The summed E-state index contributed by atoms with van der Waals surface area (Å²) in [5.41, 5.74) is -0.526. The van der Waals surface area contributed by atoms with Gasteiger partial charge in [-0.3, -0.25) is 4.79 Å². The summed E-state index contributed by atoms with van der Waals surface area (Å²) in [5.74, 6) is -0.639. The van der Waals surface area contributed by atoms with Crippen molar-refractivity contribution in [2.75, 3.05) is 6.61 Å². The fraction of sp³-hybridized carbons (Fsp3) is 0.957. The lowest BCUT2D eigenvalue weighted by Gasteiger charge is -2.44. The van der Waals surface area contributed by atoms with Gasteiger partial charge in [0.15, 0.2) is 5.79 Å². The zero-order chi connectivity index (χ0) is 23.0. The molecule has 0 unspecified atom stereocenters. The van der Waals surface area contributed by atoms with Gasteiger partial charge < -0.3 is 23.1 Å². The van der Waals surface area contributed by atoms with Crippen LogP contribution in [0.5, 0.6) is 0 Å². The Labute approximate surface area is 194 Å². The molecule has 0 N–H and O–H groups in total. The second-order valence-electron chi connectivity index (χ2n) is 10.2. The van der Waals surface area contributed by atoms with Crippen molar-refractivity contribution in [2.45, 2.75) is 134 Å². The summed E-state index contributed by atoms with van der Waals surface area (Å²) >= 11 is 0.951. The Bertz CT molecular complexity index is 578. The number of rotatable bonds is 9. The van der Waals surface area contributed by atoms with Gasteiger partial charge >= 0.3 is 5.97 Å². The highest BCUT2D eigenvalue weighted by Crippen LogP contribution is 2.39. The fourth-order valence-corrected chi connectivity index (χ4v) is 5.31. The molecule has 0 amide bonds. The van der Waals surface area contributed by atoms with E-state index in [1.54, 1.807) is 0 Å². The van der Waals surface area contributed by atoms with E-state index in [1.165, 1.54) is 19.3 Å². The normalized spacial score (nSPS) is 30.4. The van der Waals surface area contributed by atoms with Gasteiger partial charge in [-0.15, -0.1) is 0 Å². The number of ether oxygens (including phenoxy) is 4. The van der Waals surface area contributed by atoms with Crippen LogP contribution in [-0.2, 0) is 27.9 Å². The number of hydrogen-bond donors (Lipinski definition) is 0. The number of esters is 1. The smallest absolute Gasteiger partial charge is 0.308 e. The molecule has 1 saturated carbocycles. The van der Waals surface area contributed by atoms with Crippen LogP contribution in [0.1, 0.15) is 97.8 Å². The predicted molar refractivity (Wildman–Crippen MR) is 123 cm³/mol. The Morgan fingerprint density at radius 2 is 1.94 bits per heavy atom. The van der Waals surface area contributed by atoms with E-state index >= 15 is 0 Å². The molecule has 3 aliphatic rings. The quantitative estimate of drug-likeness (QED) is 0.281. The molecule has 3 rings (SSSR count). The summed E-state index contributed by atoms with van der Waals surface area (Å²) < 4.78 is 37.4. The van der Waals surface area contributed by atoms with Gasteiger partial charge in [-0.05, 0) is 67.1 Å². The van der Waals surface area contributed by atoms with Crippen molar-refractivity contribution < 1.29 is 27.9 Å². The lowest BCUT2D eigenvalue weighted by Crippen LogP contribution is -2.47. The highest BCUT2D eigenvalue weighted by molar-refractivity contribution is 8.15. The van der Waals surface area contributed by atoms with Crippen molar-refractivity contribution in [3.8, 4) is 0 Å². The molecule has 2 saturated heterocycles. The summed E-state index contributed by atoms with van der Waals surface area (Å²) in [7, 11) is 1.14. The topological polar surface area (TPSA) is 63.2 Å². The predicted octanol–water partition coefficient (Wildman–Crippen LogP) is 4.75. The molecule has 8 heteroatoms. The first-order valence-corrected chi connectivity index (χ1v) is 12.8.